The first-order chi connectivity index (χ1) is 17.8. The number of aromatic nitrogens is 1. The van der Waals surface area contributed by atoms with Gasteiger partial charge in [0.15, 0.2) is 17.3 Å². The summed E-state index contributed by atoms with van der Waals surface area (Å²) in [5, 5.41) is 15.2. The predicted octanol–water partition coefficient (Wildman–Crippen LogP) is 4.75. The van der Waals surface area contributed by atoms with E-state index in [4.69, 9.17) is 35.1 Å². The van der Waals surface area contributed by atoms with Gasteiger partial charge in [-0.1, -0.05) is 16.8 Å². The summed E-state index contributed by atoms with van der Waals surface area (Å²) in [7, 11) is 4.55. The van der Waals surface area contributed by atoms with Crippen LogP contribution in [-0.2, 0) is 11.3 Å². The zero-order chi connectivity index (χ0) is 26.5. The number of rotatable bonds is 10. The van der Waals surface area contributed by atoms with Crippen molar-refractivity contribution in [2.24, 2.45) is 0 Å². The average molecular weight is 532 g/mol. The van der Waals surface area contributed by atoms with Gasteiger partial charge in [-0.3, -0.25) is 14.9 Å². The van der Waals surface area contributed by atoms with Gasteiger partial charge in [0.05, 0.1) is 49.5 Å². The smallest absolute Gasteiger partial charge is 0.270 e. The lowest BCUT2D eigenvalue weighted by Gasteiger charge is -2.25. The first kappa shape index (κ1) is 26.2. The van der Waals surface area contributed by atoms with E-state index in [0.29, 0.717) is 47.4 Å². The number of ether oxygens (including phenoxy) is 4. The Hall–Kier alpha value is -3.83. The van der Waals surface area contributed by atoms with E-state index >= 15 is 0 Å². The van der Waals surface area contributed by atoms with E-state index in [0.717, 1.165) is 18.9 Å². The second kappa shape index (κ2) is 11.5. The second-order valence-electron chi connectivity index (χ2n) is 8.34. The molecule has 0 N–H and O–H groups in total. The van der Waals surface area contributed by atoms with Crippen LogP contribution in [0.3, 0.4) is 0 Å². The lowest BCUT2D eigenvalue weighted by atomic mass is 10.1. The monoisotopic (exact) mass is 531 g/mol. The van der Waals surface area contributed by atoms with Crippen molar-refractivity contribution >= 4 is 23.2 Å². The zero-order valence-corrected chi connectivity index (χ0v) is 21.3. The first-order valence-electron chi connectivity index (χ1n) is 11.4. The molecule has 0 bridgehead atoms. The molecule has 11 nitrogen and oxygen atoms in total. The molecular formula is C25H26ClN3O8. The number of non-ortho nitro benzene ring substituents is 1. The number of methoxy groups -OCH3 is 3. The molecule has 0 aliphatic carbocycles. The zero-order valence-electron chi connectivity index (χ0n) is 20.6. The number of nitro groups is 1. The molecule has 1 aliphatic rings. The molecule has 2 aromatic carbocycles. The minimum absolute atomic E-state index is 0.00481. The Bertz CT molecular complexity index is 1260. The van der Waals surface area contributed by atoms with Crippen molar-refractivity contribution in [3.8, 4) is 28.6 Å². The quantitative estimate of drug-likeness (QED) is 0.269. The highest BCUT2D eigenvalue weighted by Gasteiger charge is 2.27. The molecule has 2 heterocycles. The Labute approximate surface area is 217 Å². The van der Waals surface area contributed by atoms with Gasteiger partial charge in [0.25, 0.3) is 11.6 Å². The summed E-state index contributed by atoms with van der Waals surface area (Å²) in [5.74, 6) is 1.40. The van der Waals surface area contributed by atoms with Gasteiger partial charge in [-0.15, -0.1) is 0 Å². The third-order valence-electron chi connectivity index (χ3n) is 5.99. The lowest BCUT2D eigenvalue weighted by molar-refractivity contribution is -0.384. The minimum atomic E-state index is -0.565. The molecule has 0 radical (unpaired) electrons. The van der Waals surface area contributed by atoms with Crippen LogP contribution >= 0.6 is 11.6 Å². The molecule has 1 fully saturated rings. The maximum Gasteiger partial charge on any atom is 0.270 e. The average Bonchev–Trinajstić information content (AvgIpc) is 3.59. The molecule has 1 aromatic heterocycles. The molecule has 0 spiro atoms. The molecule has 3 aromatic rings. The molecule has 1 aliphatic heterocycles. The number of nitro benzene ring substituents is 1. The van der Waals surface area contributed by atoms with Crippen molar-refractivity contribution in [1.29, 1.82) is 0 Å². The molecule has 1 saturated heterocycles. The van der Waals surface area contributed by atoms with Crippen molar-refractivity contribution in [3.63, 3.8) is 0 Å². The van der Waals surface area contributed by atoms with Crippen molar-refractivity contribution in [2.75, 3.05) is 34.5 Å². The highest BCUT2D eigenvalue weighted by molar-refractivity contribution is 6.34. The number of hydrogen-bond acceptors (Lipinski definition) is 9. The van der Waals surface area contributed by atoms with Crippen molar-refractivity contribution in [3.05, 3.63) is 62.8 Å². The van der Waals surface area contributed by atoms with Crippen LogP contribution in [0.1, 0.15) is 28.9 Å². The number of hydrogen-bond donors (Lipinski definition) is 0. The maximum absolute atomic E-state index is 13.5. The minimum Gasteiger partial charge on any atom is -0.493 e. The summed E-state index contributed by atoms with van der Waals surface area (Å²) in [4.78, 5) is 25.5. The fourth-order valence-electron chi connectivity index (χ4n) is 4.16. The van der Waals surface area contributed by atoms with Crippen molar-refractivity contribution in [1.82, 2.24) is 10.1 Å². The Morgan fingerprint density at radius 1 is 1.16 bits per heavy atom. The van der Waals surface area contributed by atoms with Gasteiger partial charge in [0.1, 0.15) is 5.69 Å². The first-order valence-corrected chi connectivity index (χ1v) is 11.8. The van der Waals surface area contributed by atoms with Crippen LogP contribution in [0.4, 0.5) is 5.69 Å². The number of carbonyl (C=O) groups excluding carboxylic acids is 1. The van der Waals surface area contributed by atoms with Gasteiger partial charge in [-0.25, -0.2) is 0 Å². The van der Waals surface area contributed by atoms with E-state index < -0.39 is 10.8 Å². The van der Waals surface area contributed by atoms with Gasteiger partial charge in [0.2, 0.25) is 5.75 Å². The SMILES string of the molecule is COc1cc(-c2cc(CN(C[C@H]3CCCO3)C(=O)c3ccc([N+](=O)[O-])cc3Cl)no2)cc(OC)c1OC. The van der Waals surface area contributed by atoms with E-state index in [-0.39, 0.29) is 28.9 Å². The van der Waals surface area contributed by atoms with Crippen LogP contribution in [0.2, 0.25) is 5.02 Å². The fraction of sp³-hybridized carbons (Fsp3) is 0.360. The predicted molar refractivity (Wildman–Crippen MR) is 133 cm³/mol. The molecule has 196 valence electrons. The molecule has 1 atom stereocenters. The number of benzene rings is 2. The summed E-state index contributed by atoms with van der Waals surface area (Å²) >= 11 is 6.25. The van der Waals surface area contributed by atoms with Crippen LogP contribution in [0, 0.1) is 10.1 Å². The Morgan fingerprint density at radius 3 is 2.46 bits per heavy atom. The van der Waals surface area contributed by atoms with E-state index in [1.54, 1.807) is 23.1 Å². The van der Waals surface area contributed by atoms with E-state index in [2.05, 4.69) is 5.16 Å². The second-order valence-corrected chi connectivity index (χ2v) is 8.75. The van der Waals surface area contributed by atoms with Crippen molar-refractivity contribution in [2.45, 2.75) is 25.5 Å². The summed E-state index contributed by atoms with van der Waals surface area (Å²) in [6.07, 6.45) is 1.58. The third-order valence-corrected chi connectivity index (χ3v) is 6.30. The van der Waals surface area contributed by atoms with E-state index in [1.807, 2.05) is 0 Å². The molecule has 4 rings (SSSR count). The maximum atomic E-state index is 13.5. The number of nitrogens with zero attached hydrogens (tertiary/aromatic N) is 3. The Kier molecular flexibility index (Phi) is 8.14. The largest absolute Gasteiger partial charge is 0.493 e. The highest BCUT2D eigenvalue weighted by atomic mass is 35.5. The molecule has 12 heteroatoms. The Morgan fingerprint density at radius 2 is 1.89 bits per heavy atom. The van der Waals surface area contributed by atoms with Gasteiger partial charge < -0.3 is 28.4 Å². The summed E-state index contributed by atoms with van der Waals surface area (Å²) in [6.45, 7) is 1.04. The van der Waals surface area contributed by atoms with Gasteiger partial charge >= 0.3 is 0 Å². The number of carbonyl (C=O) groups is 1. The molecular weight excluding hydrogens is 506 g/mol. The number of amides is 1. The number of halogens is 1. The summed E-state index contributed by atoms with van der Waals surface area (Å²) in [5.41, 5.74) is 1.09. The normalized spacial score (nSPS) is 14.9. The standard InChI is InChI=1S/C25H26ClN3O8/c1-33-22-9-15(10-23(34-2)24(22)35-3)21-11-16(27-37-21)13-28(14-18-5-4-8-36-18)25(30)19-7-6-17(29(31)32)12-20(19)26/h6-7,9-12,18H,4-5,8,13-14H2,1-3H3/t18-/m1/s1. The summed E-state index contributed by atoms with van der Waals surface area (Å²) in [6, 6.07) is 8.96. The van der Waals surface area contributed by atoms with Gasteiger partial charge in [-0.2, -0.15) is 0 Å². The van der Waals surface area contributed by atoms with E-state index in [1.165, 1.54) is 33.5 Å². The Balaban J connectivity index is 1.62. The van der Waals surface area contributed by atoms with Gasteiger partial charge in [-0.05, 0) is 31.0 Å². The summed E-state index contributed by atoms with van der Waals surface area (Å²) < 4.78 is 27.5. The van der Waals surface area contributed by atoms with Crippen LogP contribution in [0.25, 0.3) is 11.3 Å². The topological polar surface area (TPSA) is 126 Å². The van der Waals surface area contributed by atoms with Gasteiger partial charge in [0, 0.05) is 36.9 Å². The van der Waals surface area contributed by atoms with Crippen LogP contribution < -0.4 is 14.2 Å². The molecule has 0 unspecified atom stereocenters. The molecule has 37 heavy (non-hydrogen) atoms. The molecule has 0 saturated carbocycles. The van der Waals surface area contributed by atoms with E-state index in [9.17, 15) is 14.9 Å². The van der Waals surface area contributed by atoms with Crippen LogP contribution in [-0.4, -0.2) is 61.5 Å². The van der Waals surface area contributed by atoms with Crippen LogP contribution in [0.15, 0.2) is 40.9 Å². The third kappa shape index (κ3) is 5.78. The van der Waals surface area contributed by atoms with Crippen LogP contribution in [0.5, 0.6) is 17.2 Å². The van der Waals surface area contributed by atoms with Crippen molar-refractivity contribution < 1.29 is 33.2 Å². The lowest BCUT2D eigenvalue weighted by Crippen LogP contribution is -2.37. The fourth-order valence-corrected chi connectivity index (χ4v) is 4.41. The molecule has 1 amide bonds. The highest BCUT2D eigenvalue weighted by Crippen LogP contribution is 2.41.